The third kappa shape index (κ3) is 6.70. The standard InChI is InChI=1S/C16H20FNO3/c1-2-3-4-5-9-15(19)18-14(16(20)21)11-12-7-6-8-13(17)10-12/h5-10,14H,2-4,11H2,1H3,(H,18,19)(H,20,21)/b9-5+/t14-/m0/s1. The molecule has 4 nitrogen and oxygen atoms in total. The number of benzene rings is 1. The third-order valence-corrected chi connectivity index (χ3v) is 2.94. The fourth-order valence-corrected chi connectivity index (χ4v) is 1.83. The normalized spacial score (nSPS) is 12.3. The first-order chi connectivity index (χ1) is 10.0. The molecule has 0 unspecified atom stereocenters. The van der Waals surface area contributed by atoms with E-state index in [1.54, 1.807) is 12.1 Å². The number of allylic oxidation sites excluding steroid dienone is 1. The van der Waals surface area contributed by atoms with Crippen molar-refractivity contribution in [3.63, 3.8) is 0 Å². The largest absolute Gasteiger partial charge is 0.480 e. The van der Waals surface area contributed by atoms with Gasteiger partial charge in [0.1, 0.15) is 11.9 Å². The zero-order valence-electron chi connectivity index (χ0n) is 12.0. The van der Waals surface area contributed by atoms with Crippen LogP contribution in [0.25, 0.3) is 0 Å². The van der Waals surface area contributed by atoms with E-state index in [2.05, 4.69) is 5.32 Å². The summed E-state index contributed by atoms with van der Waals surface area (Å²) < 4.78 is 13.1. The van der Waals surface area contributed by atoms with E-state index in [9.17, 15) is 14.0 Å². The number of rotatable bonds is 8. The van der Waals surface area contributed by atoms with Gasteiger partial charge in [-0.25, -0.2) is 9.18 Å². The molecule has 1 amide bonds. The van der Waals surface area contributed by atoms with E-state index in [0.29, 0.717) is 5.56 Å². The Morgan fingerprint density at radius 3 is 2.81 bits per heavy atom. The lowest BCUT2D eigenvalue weighted by Gasteiger charge is -2.13. The minimum Gasteiger partial charge on any atom is -0.480 e. The highest BCUT2D eigenvalue weighted by molar-refractivity contribution is 5.91. The fraction of sp³-hybridized carbons (Fsp3) is 0.375. The number of halogens is 1. The molecule has 0 bridgehead atoms. The van der Waals surface area contributed by atoms with Gasteiger partial charge in [-0.2, -0.15) is 0 Å². The van der Waals surface area contributed by atoms with E-state index in [0.717, 1.165) is 19.3 Å². The van der Waals surface area contributed by atoms with Gasteiger partial charge >= 0.3 is 5.97 Å². The topological polar surface area (TPSA) is 66.4 Å². The van der Waals surface area contributed by atoms with Crippen LogP contribution in [0.5, 0.6) is 0 Å². The summed E-state index contributed by atoms with van der Waals surface area (Å²) >= 11 is 0. The summed E-state index contributed by atoms with van der Waals surface area (Å²) in [6.07, 6.45) is 5.91. The van der Waals surface area contributed by atoms with Gasteiger partial charge in [-0.15, -0.1) is 0 Å². The van der Waals surface area contributed by atoms with Gasteiger partial charge < -0.3 is 10.4 Å². The molecular formula is C16H20FNO3. The van der Waals surface area contributed by atoms with Crippen LogP contribution in [-0.2, 0) is 16.0 Å². The van der Waals surface area contributed by atoms with Crippen molar-refractivity contribution in [1.29, 1.82) is 0 Å². The minimum absolute atomic E-state index is 0.0433. The molecule has 0 radical (unpaired) electrons. The van der Waals surface area contributed by atoms with Crippen LogP contribution in [0.2, 0.25) is 0 Å². The van der Waals surface area contributed by atoms with Crippen LogP contribution < -0.4 is 5.32 Å². The molecule has 0 saturated carbocycles. The van der Waals surface area contributed by atoms with Crippen LogP contribution in [-0.4, -0.2) is 23.0 Å². The summed E-state index contributed by atoms with van der Waals surface area (Å²) in [5.41, 5.74) is 0.526. The molecule has 1 rings (SSSR count). The van der Waals surface area contributed by atoms with E-state index in [1.807, 2.05) is 6.92 Å². The predicted molar refractivity (Wildman–Crippen MR) is 78.3 cm³/mol. The van der Waals surface area contributed by atoms with Crippen molar-refractivity contribution in [3.05, 3.63) is 47.8 Å². The van der Waals surface area contributed by atoms with E-state index in [4.69, 9.17) is 5.11 Å². The molecule has 0 aliphatic carbocycles. The number of aliphatic carboxylic acids is 1. The van der Waals surface area contributed by atoms with Crippen LogP contribution in [0.3, 0.4) is 0 Å². The molecule has 114 valence electrons. The second-order valence-electron chi connectivity index (χ2n) is 4.78. The molecule has 21 heavy (non-hydrogen) atoms. The van der Waals surface area contributed by atoms with E-state index < -0.39 is 23.7 Å². The van der Waals surface area contributed by atoms with Crippen molar-refractivity contribution >= 4 is 11.9 Å². The Hall–Kier alpha value is -2.17. The maximum absolute atomic E-state index is 13.1. The molecule has 1 aromatic carbocycles. The van der Waals surface area contributed by atoms with Gasteiger partial charge in [0, 0.05) is 6.42 Å². The van der Waals surface area contributed by atoms with Gasteiger partial charge in [0.15, 0.2) is 0 Å². The average Bonchev–Trinajstić information content (AvgIpc) is 2.43. The molecule has 0 aliphatic rings. The summed E-state index contributed by atoms with van der Waals surface area (Å²) in [7, 11) is 0. The SMILES string of the molecule is CCCC/C=C/C(=O)N[C@@H](Cc1cccc(F)c1)C(=O)O. The Balaban J connectivity index is 2.60. The summed E-state index contributed by atoms with van der Waals surface area (Å²) in [5, 5.41) is 11.5. The van der Waals surface area contributed by atoms with Gasteiger partial charge in [-0.05, 0) is 30.2 Å². The first kappa shape index (κ1) is 16.9. The second kappa shape index (κ2) is 8.89. The maximum atomic E-state index is 13.1. The number of carboxylic acid groups (broad SMARTS) is 1. The third-order valence-electron chi connectivity index (χ3n) is 2.94. The summed E-state index contributed by atoms with van der Waals surface area (Å²) in [5.74, 6) is -2.02. The van der Waals surface area contributed by atoms with Gasteiger partial charge in [0.05, 0.1) is 0 Å². The molecule has 0 fully saturated rings. The van der Waals surface area contributed by atoms with E-state index in [1.165, 1.54) is 24.3 Å². The summed E-state index contributed by atoms with van der Waals surface area (Å²) in [6, 6.07) is 4.61. The van der Waals surface area contributed by atoms with Crippen LogP contribution in [0.4, 0.5) is 4.39 Å². The summed E-state index contributed by atoms with van der Waals surface area (Å²) in [6.45, 7) is 2.05. The van der Waals surface area contributed by atoms with Gasteiger partial charge in [0.2, 0.25) is 5.91 Å². The molecule has 5 heteroatoms. The van der Waals surface area contributed by atoms with Gasteiger partial charge in [0.25, 0.3) is 0 Å². The Bertz CT molecular complexity index is 514. The number of unbranched alkanes of at least 4 members (excludes halogenated alkanes) is 2. The minimum atomic E-state index is -1.14. The highest BCUT2D eigenvalue weighted by atomic mass is 19.1. The smallest absolute Gasteiger partial charge is 0.326 e. The lowest BCUT2D eigenvalue weighted by molar-refractivity contribution is -0.141. The van der Waals surface area contributed by atoms with E-state index >= 15 is 0 Å². The Morgan fingerprint density at radius 1 is 1.43 bits per heavy atom. The van der Waals surface area contributed by atoms with E-state index in [-0.39, 0.29) is 6.42 Å². The molecule has 0 spiro atoms. The number of hydrogen-bond acceptors (Lipinski definition) is 2. The van der Waals surface area contributed by atoms with Crippen LogP contribution in [0.15, 0.2) is 36.4 Å². The molecule has 0 aliphatic heterocycles. The first-order valence-electron chi connectivity index (χ1n) is 6.97. The van der Waals surface area contributed by atoms with Gasteiger partial charge in [-0.1, -0.05) is 38.0 Å². The first-order valence-corrected chi connectivity index (χ1v) is 6.97. The Morgan fingerprint density at radius 2 is 2.19 bits per heavy atom. The van der Waals surface area contributed by atoms with Crippen LogP contribution in [0.1, 0.15) is 31.7 Å². The quantitative estimate of drug-likeness (QED) is 0.572. The Labute approximate surface area is 123 Å². The number of hydrogen-bond donors (Lipinski definition) is 2. The molecule has 0 saturated heterocycles. The lowest BCUT2D eigenvalue weighted by atomic mass is 10.1. The van der Waals surface area contributed by atoms with Crippen molar-refractivity contribution in [3.8, 4) is 0 Å². The monoisotopic (exact) mass is 293 g/mol. The summed E-state index contributed by atoms with van der Waals surface area (Å²) in [4.78, 5) is 22.8. The zero-order valence-corrected chi connectivity index (χ0v) is 12.0. The van der Waals surface area contributed by atoms with Crippen molar-refractivity contribution in [1.82, 2.24) is 5.32 Å². The molecule has 0 heterocycles. The number of carbonyl (C=O) groups excluding carboxylic acids is 1. The molecule has 0 aromatic heterocycles. The predicted octanol–water partition coefficient (Wildman–Crippen LogP) is 2.68. The lowest BCUT2D eigenvalue weighted by Crippen LogP contribution is -2.41. The Kier molecular flexibility index (Phi) is 7.15. The average molecular weight is 293 g/mol. The number of carbonyl (C=O) groups is 2. The second-order valence-corrected chi connectivity index (χ2v) is 4.78. The highest BCUT2D eigenvalue weighted by Crippen LogP contribution is 2.07. The van der Waals surface area contributed by atoms with Crippen LogP contribution in [0, 0.1) is 5.82 Å². The zero-order chi connectivity index (χ0) is 15.7. The molecular weight excluding hydrogens is 273 g/mol. The van der Waals surface area contributed by atoms with Crippen molar-refractivity contribution in [2.75, 3.05) is 0 Å². The number of amides is 1. The molecule has 1 atom stereocenters. The fourth-order valence-electron chi connectivity index (χ4n) is 1.83. The number of carboxylic acids is 1. The van der Waals surface area contributed by atoms with Crippen molar-refractivity contribution in [2.24, 2.45) is 0 Å². The number of nitrogens with one attached hydrogen (secondary N) is 1. The molecule has 1 aromatic rings. The van der Waals surface area contributed by atoms with Gasteiger partial charge in [-0.3, -0.25) is 4.79 Å². The molecule has 2 N–H and O–H groups in total. The highest BCUT2D eigenvalue weighted by Gasteiger charge is 2.19. The maximum Gasteiger partial charge on any atom is 0.326 e. The van der Waals surface area contributed by atoms with Crippen molar-refractivity contribution in [2.45, 2.75) is 38.6 Å². The van der Waals surface area contributed by atoms with Crippen molar-refractivity contribution < 1.29 is 19.1 Å². The van der Waals surface area contributed by atoms with Crippen LogP contribution >= 0.6 is 0 Å².